The van der Waals surface area contributed by atoms with Crippen molar-refractivity contribution in [2.45, 2.75) is 32.7 Å². The highest BCUT2D eigenvalue weighted by Crippen LogP contribution is 2.35. The summed E-state index contributed by atoms with van der Waals surface area (Å²) in [6, 6.07) is 26.5. The molecule has 5 aromatic rings. The van der Waals surface area contributed by atoms with Crippen LogP contribution in [0.25, 0.3) is 23.1 Å². The number of ether oxygens (including phenoxy) is 1. The maximum atomic E-state index is 14.1. The lowest BCUT2D eigenvalue weighted by atomic mass is 9.91. The number of furan rings is 1. The Labute approximate surface area is 262 Å². The molecule has 0 bridgehead atoms. The lowest BCUT2D eigenvalue weighted by molar-refractivity contribution is -0.138. The summed E-state index contributed by atoms with van der Waals surface area (Å²) in [5.74, 6) is -0.370. The lowest BCUT2D eigenvalue weighted by Crippen LogP contribution is -2.40. The summed E-state index contributed by atoms with van der Waals surface area (Å²) in [6.07, 6.45) is 1.64. The van der Waals surface area contributed by atoms with Crippen molar-refractivity contribution >= 4 is 35.0 Å². The third-order valence-electron chi connectivity index (χ3n) is 7.59. The number of aromatic nitrogens is 1. The van der Waals surface area contributed by atoms with E-state index in [1.54, 1.807) is 41.8 Å². The molecule has 0 saturated heterocycles. The van der Waals surface area contributed by atoms with E-state index < -0.39 is 18.0 Å². The molecule has 1 atom stereocenters. The van der Waals surface area contributed by atoms with E-state index in [1.165, 1.54) is 23.5 Å². The third kappa shape index (κ3) is 5.82. The molecular weight excluding hydrogens is 588 g/mol. The molecule has 8 nitrogen and oxygen atoms in total. The fourth-order valence-corrected chi connectivity index (χ4v) is 6.32. The number of hydrogen-bond donors (Lipinski definition) is 1. The summed E-state index contributed by atoms with van der Waals surface area (Å²) in [5, 5.41) is 9.37. The number of aromatic carboxylic acids is 1. The topological polar surface area (TPSA) is 111 Å². The predicted molar refractivity (Wildman–Crippen MR) is 173 cm³/mol. The van der Waals surface area contributed by atoms with E-state index in [0.717, 1.165) is 16.7 Å². The number of carboxylic acids is 1. The molecule has 0 spiro atoms. The summed E-state index contributed by atoms with van der Waals surface area (Å²) in [4.78, 5) is 44.6. The van der Waals surface area contributed by atoms with Crippen molar-refractivity contribution in [2.24, 2.45) is 4.99 Å². The third-order valence-corrected chi connectivity index (χ3v) is 8.57. The van der Waals surface area contributed by atoms with Crippen LogP contribution in [0.3, 0.4) is 0 Å². The highest BCUT2D eigenvalue weighted by Gasteiger charge is 2.35. The number of fused-ring (bicyclic) bond motifs is 1. The molecular formula is C36H30N2O6S. The largest absolute Gasteiger partial charge is 0.478 e. The van der Waals surface area contributed by atoms with Gasteiger partial charge in [0.2, 0.25) is 0 Å². The second-order valence-electron chi connectivity index (χ2n) is 10.8. The molecule has 3 heterocycles. The lowest BCUT2D eigenvalue weighted by Gasteiger charge is -2.26. The van der Waals surface area contributed by atoms with Gasteiger partial charge in [0.25, 0.3) is 5.56 Å². The standard InChI is InChI=1S/C36H30N2O6S/c1-4-43-35(42)30-31(23-9-6-5-7-10-23)37-36-38(32(30)24-15-13-22(14-16-24)21(2)3)33(39)29(45-36)20-27-17-18-28(44-27)25-11-8-12-26(19-25)34(40)41/h5-21,32H,4H2,1-3H3,(H,40,41)/b29-20+. The number of thiazole rings is 1. The first-order chi connectivity index (χ1) is 21.7. The highest BCUT2D eigenvalue weighted by molar-refractivity contribution is 7.07. The molecule has 3 aromatic carbocycles. The fourth-order valence-electron chi connectivity index (χ4n) is 5.34. The predicted octanol–water partition coefficient (Wildman–Crippen LogP) is 6.02. The van der Waals surface area contributed by atoms with Crippen LogP contribution >= 0.6 is 11.3 Å². The Morgan fingerprint density at radius 1 is 1.00 bits per heavy atom. The number of hydrogen-bond acceptors (Lipinski definition) is 7. The van der Waals surface area contributed by atoms with Gasteiger partial charge < -0.3 is 14.3 Å². The van der Waals surface area contributed by atoms with Gasteiger partial charge in [-0.05, 0) is 48.2 Å². The number of benzene rings is 3. The summed E-state index contributed by atoms with van der Waals surface area (Å²) >= 11 is 1.20. The Balaban J connectivity index is 1.54. The maximum Gasteiger partial charge on any atom is 0.338 e. The van der Waals surface area contributed by atoms with Gasteiger partial charge in [0, 0.05) is 17.2 Å². The molecule has 1 N–H and O–H groups in total. The number of carbonyl (C=O) groups excluding carboxylic acids is 1. The quantitative estimate of drug-likeness (QED) is 0.213. The molecule has 6 rings (SSSR count). The molecule has 45 heavy (non-hydrogen) atoms. The van der Waals surface area contributed by atoms with Crippen molar-refractivity contribution in [3.8, 4) is 11.3 Å². The zero-order chi connectivity index (χ0) is 31.7. The fraction of sp³-hybridized carbons (Fsp3) is 0.167. The van der Waals surface area contributed by atoms with Crippen LogP contribution in [-0.4, -0.2) is 28.2 Å². The van der Waals surface area contributed by atoms with Gasteiger partial charge >= 0.3 is 11.9 Å². The van der Waals surface area contributed by atoms with Crippen LogP contribution in [0.5, 0.6) is 0 Å². The SMILES string of the molecule is CCOC(=O)C1=C(c2ccccc2)N=c2s/c(=C/c3ccc(-c4cccc(C(=O)O)c4)o3)c(=O)n2C1c1ccc(C(C)C)cc1. The molecule has 1 aliphatic heterocycles. The smallest absolute Gasteiger partial charge is 0.338 e. The molecule has 0 amide bonds. The Morgan fingerprint density at radius 3 is 2.42 bits per heavy atom. The normalized spacial score (nSPS) is 14.8. The van der Waals surface area contributed by atoms with Crippen molar-refractivity contribution in [1.29, 1.82) is 0 Å². The van der Waals surface area contributed by atoms with E-state index in [-0.39, 0.29) is 23.3 Å². The number of carboxylic acid groups (broad SMARTS) is 1. The second kappa shape index (κ2) is 12.4. The van der Waals surface area contributed by atoms with Crippen LogP contribution in [0.2, 0.25) is 0 Å². The molecule has 0 radical (unpaired) electrons. The minimum absolute atomic E-state index is 0.145. The molecule has 0 saturated carbocycles. The summed E-state index contributed by atoms with van der Waals surface area (Å²) in [6.45, 7) is 6.14. The maximum absolute atomic E-state index is 14.1. The minimum Gasteiger partial charge on any atom is -0.478 e. The summed E-state index contributed by atoms with van der Waals surface area (Å²) in [7, 11) is 0. The molecule has 2 aromatic heterocycles. The van der Waals surface area contributed by atoms with Gasteiger partial charge in [0.15, 0.2) is 4.80 Å². The zero-order valence-corrected chi connectivity index (χ0v) is 25.7. The van der Waals surface area contributed by atoms with Gasteiger partial charge in [-0.15, -0.1) is 0 Å². The van der Waals surface area contributed by atoms with Crippen LogP contribution in [0.1, 0.15) is 65.5 Å². The van der Waals surface area contributed by atoms with Gasteiger partial charge in [-0.2, -0.15) is 0 Å². The zero-order valence-electron chi connectivity index (χ0n) is 24.9. The van der Waals surface area contributed by atoms with E-state index in [2.05, 4.69) is 13.8 Å². The Kier molecular flexibility index (Phi) is 8.19. The van der Waals surface area contributed by atoms with Crippen molar-refractivity contribution in [1.82, 2.24) is 4.57 Å². The number of carbonyl (C=O) groups is 2. The summed E-state index contributed by atoms with van der Waals surface area (Å²) < 4.78 is 13.5. The van der Waals surface area contributed by atoms with Crippen LogP contribution < -0.4 is 14.9 Å². The van der Waals surface area contributed by atoms with E-state index in [0.29, 0.717) is 38.0 Å². The molecule has 9 heteroatoms. The van der Waals surface area contributed by atoms with E-state index in [1.807, 2.05) is 54.6 Å². The van der Waals surface area contributed by atoms with Gasteiger partial charge in [0.1, 0.15) is 11.5 Å². The first-order valence-corrected chi connectivity index (χ1v) is 15.4. The highest BCUT2D eigenvalue weighted by atomic mass is 32.1. The minimum atomic E-state index is -1.03. The number of nitrogens with zero attached hydrogens (tertiary/aromatic N) is 2. The average Bonchev–Trinajstić information content (AvgIpc) is 3.65. The van der Waals surface area contributed by atoms with Gasteiger partial charge in [0.05, 0.1) is 34.0 Å². The Hall–Kier alpha value is -5.28. The van der Waals surface area contributed by atoms with Crippen molar-refractivity contribution in [3.63, 3.8) is 0 Å². The van der Waals surface area contributed by atoms with Gasteiger partial charge in [-0.3, -0.25) is 9.36 Å². The van der Waals surface area contributed by atoms with E-state index in [4.69, 9.17) is 14.1 Å². The molecule has 226 valence electrons. The molecule has 0 aliphatic carbocycles. The van der Waals surface area contributed by atoms with Crippen LogP contribution in [0, 0.1) is 0 Å². The van der Waals surface area contributed by atoms with E-state index in [9.17, 15) is 19.5 Å². The monoisotopic (exact) mass is 618 g/mol. The van der Waals surface area contributed by atoms with Crippen LogP contribution in [-0.2, 0) is 9.53 Å². The average molecular weight is 619 g/mol. The Bertz CT molecular complexity index is 2120. The molecule has 1 aliphatic rings. The van der Waals surface area contributed by atoms with Crippen molar-refractivity contribution < 1.29 is 23.8 Å². The molecule has 1 unspecified atom stereocenters. The number of rotatable bonds is 8. The number of esters is 1. The van der Waals surface area contributed by atoms with Crippen molar-refractivity contribution in [3.05, 3.63) is 144 Å². The van der Waals surface area contributed by atoms with Gasteiger partial charge in [-0.25, -0.2) is 14.6 Å². The second-order valence-corrected chi connectivity index (χ2v) is 11.8. The first-order valence-electron chi connectivity index (χ1n) is 14.6. The van der Waals surface area contributed by atoms with Crippen LogP contribution in [0.4, 0.5) is 0 Å². The van der Waals surface area contributed by atoms with E-state index >= 15 is 0 Å². The molecule has 0 fully saturated rings. The Morgan fingerprint density at radius 2 is 1.73 bits per heavy atom. The van der Waals surface area contributed by atoms with Gasteiger partial charge in [-0.1, -0.05) is 91.9 Å². The first kappa shape index (κ1) is 29.8. The van der Waals surface area contributed by atoms with Crippen LogP contribution in [0.15, 0.2) is 111 Å². The summed E-state index contributed by atoms with van der Waals surface area (Å²) in [5.41, 5.74) is 3.81. The van der Waals surface area contributed by atoms with Crippen molar-refractivity contribution in [2.75, 3.05) is 6.61 Å².